The van der Waals surface area contributed by atoms with Crippen molar-refractivity contribution in [1.29, 1.82) is 0 Å². The molecule has 0 aliphatic heterocycles. The van der Waals surface area contributed by atoms with Gasteiger partial charge in [-0.1, -0.05) is 39.7 Å². The summed E-state index contributed by atoms with van der Waals surface area (Å²) in [4.78, 5) is 4.42. The van der Waals surface area contributed by atoms with Crippen molar-refractivity contribution in [3.8, 4) is 0 Å². The van der Waals surface area contributed by atoms with E-state index < -0.39 is 0 Å². The summed E-state index contributed by atoms with van der Waals surface area (Å²) in [5, 5.41) is 0. The summed E-state index contributed by atoms with van der Waals surface area (Å²) in [6.45, 7) is 6.91. The molecule has 0 aliphatic rings. The molecule has 0 spiro atoms. The van der Waals surface area contributed by atoms with Crippen LogP contribution in [-0.4, -0.2) is 4.98 Å². The van der Waals surface area contributed by atoms with E-state index in [4.69, 9.17) is 0 Å². The molecule has 18 heavy (non-hydrogen) atoms. The van der Waals surface area contributed by atoms with Crippen LogP contribution in [0.2, 0.25) is 0 Å². The van der Waals surface area contributed by atoms with Crippen LogP contribution in [0.3, 0.4) is 0 Å². The molecule has 0 saturated carbocycles. The van der Waals surface area contributed by atoms with Gasteiger partial charge in [0.2, 0.25) is 0 Å². The molecule has 1 aromatic carbocycles. The molecule has 0 fully saturated rings. The maximum absolute atomic E-state index is 4.42. The Balaban J connectivity index is 2.06. The quantitative estimate of drug-likeness (QED) is 0.658. The van der Waals surface area contributed by atoms with Crippen molar-refractivity contribution < 1.29 is 0 Å². The van der Waals surface area contributed by atoms with E-state index in [0.29, 0.717) is 5.92 Å². The maximum atomic E-state index is 4.42. The molecule has 2 heteroatoms. The Morgan fingerprint density at radius 2 is 2.06 bits per heavy atom. The zero-order valence-electron chi connectivity index (χ0n) is 11.6. The van der Waals surface area contributed by atoms with Gasteiger partial charge in [0.05, 0.1) is 15.7 Å². The molecular formula is C16H23NS. The lowest BCUT2D eigenvalue weighted by Gasteiger charge is -2.16. The van der Waals surface area contributed by atoms with E-state index in [1.807, 2.05) is 5.51 Å². The van der Waals surface area contributed by atoms with Gasteiger partial charge in [-0.15, -0.1) is 11.3 Å². The van der Waals surface area contributed by atoms with Crippen LogP contribution in [0.25, 0.3) is 10.2 Å². The Hall–Kier alpha value is -0.890. The van der Waals surface area contributed by atoms with E-state index in [2.05, 4.69) is 44.0 Å². The number of nitrogens with zero attached hydrogens (tertiary/aromatic N) is 1. The van der Waals surface area contributed by atoms with Gasteiger partial charge in [0.1, 0.15) is 0 Å². The zero-order valence-corrected chi connectivity index (χ0v) is 12.5. The zero-order chi connectivity index (χ0) is 13.0. The molecule has 2 aromatic rings. The number of aromatic nitrogens is 1. The summed E-state index contributed by atoms with van der Waals surface area (Å²) in [6.07, 6.45) is 5.22. The Kier molecular flexibility index (Phi) is 4.76. The molecule has 0 aliphatic carbocycles. The number of thiazole rings is 1. The fourth-order valence-corrected chi connectivity index (χ4v) is 3.17. The van der Waals surface area contributed by atoms with Crippen molar-refractivity contribution in [2.75, 3.05) is 0 Å². The molecule has 1 heterocycles. The molecular weight excluding hydrogens is 238 g/mol. The van der Waals surface area contributed by atoms with Crippen molar-refractivity contribution in [2.24, 2.45) is 5.92 Å². The Morgan fingerprint density at radius 1 is 1.22 bits per heavy atom. The third kappa shape index (κ3) is 3.32. The summed E-state index contributed by atoms with van der Waals surface area (Å²) in [5.41, 5.74) is 4.58. The van der Waals surface area contributed by atoms with E-state index in [9.17, 15) is 0 Å². The van der Waals surface area contributed by atoms with Gasteiger partial charge in [-0.2, -0.15) is 0 Å². The second-order valence-corrected chi connectivity index (χ2v) is 6.40. The third-order valence-corrected chi connectivity index (χ3v) is 4.46. The van der Waals surface area contributed by atoms with Gasteiger partial charge < -0.3 is 0 Å². The molecule has 1 atom stereocenters. The predicted octanol–water partition coefficient (Wildman–Crippen LogP) is 5.62. The lowest BCUT2D eigenvalue weighted by atomic mass is 9.90. The average molecular weight is 261 g/mol. The van der Waals surface area contributed by atoms with Gasteiger partial charge in [-0.05, 0) is 42.4 Å². The lowest BCUT2D eigenvalue weighted by Crippen LogP contribution is -1.99. The average Bonchev–Trinajstić information content (AvgIpc) is 2.81. The van der Waals surface area contributed by atoms with Crippen LogP contribution in [0, 0.1) is 5.92 Å². The van der Waals surface area contributed by atoms with Crippen LogP contribution < -0.4 is 0 Å². The van der Waals surface area contributed by atoms with Crippen molar-refractivity contribution in [3.63, 3.8) is 0 Å². The van der Waals surface area contributed by atoms with E-state index in [1.54, 1.807) is 11.3 Å². The summed E-state index contributed by atoms with van der Waals surface area (Å²) >= 11 is 1.73. The van der Waals surface area contributed by atoms with Crippen molar-refractivity contribution >= 4 is 21.6 Å². The largest absolute Gasteiger partial charge is 0.245 e. The smallest absolute Gasteiger partial charge is 0.0814 e. The highest BCUT2D eigenvalue weighted by molar-refractivity contribution is 7.16. The summed E-state index contributed by atoms with van der Waals surface area (Å²) in [6, 6.07) is 6.81. The molecule has 98 valence electrons. The molecule has 1 nitrogen and oxygen atoms in total. The molecule has 1 unspecified atom stereocenters. The van der Waals surface area contributed by atoms with E-state index in [1.165, 1.54) is 41.5 Å². The first kappa shape index (κ1) is 13.5. The molecule has 0 radical (unpaired) electrons. The molecule has 0 saturated heterocycles. The van der Waals surface area contributed by atoms with Crippen molar-refractivity contribution in [2.45, 2.75) is 52.4 Å². The number of hydrogen-bond acceptors (Lipinski definition) is 2. The minimum Gasteiger partial charge on any atom is -0.245 e. The molecule has 0 N–H and O–H groups in total. The molecule has 0 amide bonds. The second-order valence-electron chi connectivity index (χ2n) is 5.51. The first-order chi connectivity index (χ1) is 8.70. The third-order valence-electron chi connectivity index (χ3n) is 3.65. The fraction of sp³-hybridized carbons (Fsp3) is 0.562. The first-order valence-corrected chi connectivity index (χ1v) is 7.91. The second kappa shape index (κ2) is 6.33. The standard InChI is InChI=1S/C16H23NS/c1-4-13(7-5-6-12(2)3)14-8-9-16-15(10-14)17-11-18-16/h8-13H,4-7H2,1-3H3. The van der Waals surface area contributed by atoms with E-state index in [0.717, 1.165) is 5.92 Å². The Morgan fingerprint density at radius 3 is 2.78 bits per heavy atom. The van der Waals surface area contributed by atoms with E-state index in [-0.39, 0.29) is 0 Å². The van der Waals surface area contributed by atoms with Crippen LogP contribution >= 0.6 is 11.3 Å². The van der Waals surface area contributed by atoms with Gasteiger partial charge in [0.25, 0.3) is 0 Å². The minimum absolute atomic E-state index is 0.704. The molecule has 1 aromatic heterocycles. The van der Waals surface area contributed by atoms with Gasteiger partial charge in [-0.25, -0.2) is 4.98 Å². The van der Waals surface area contributed by atoms with Crippen LogP contribution in [0.4, 0.5) is 0 Å². The normalized spacial score (nSPS) is 13.3. The SMILES string of the molecule is CCC(CCCC(C)C)c1ccc2scnc2c1. The van der Waals surface area contributed by atoms with Crippen LogP contribution in [0.5, 0.6) is 0 Å². The van der Waals surface area contributed by atoms with Crippen LogP contribution in [0.1, 0.15) is 57.9 Å². The van der Waals surface area contributed by atoms with Gasteiger partial charge in [0, 0.05) is 0 Å². The molecule has 2 rings (SSSR count). The number of rotatable bonds is 6. The monoisotopic (exact) mass is 261 g/mol. The van der Waals surface area contributed by atoms with Crippen molar-refractivity contribution in [3.05, 3.63) is 29.3 Å². The lowest BCUT2D eigenvalue weighted by molar-refractivity contribution is 0.493. The summed E-state index contributed by atoms with van der Waals surface area (Å²) in [7, 11) is 0. The van der Waals surface area contributed by atoms with Gasteiger partial charge >= 0.3 is 0 Å². The summed E-state index contributed by atoms with van der Waals surface area (Å²) in [5.74, 6) is 1.53. The Labute approximate surface area is 114 Å². The van der Waals surface area contributed by atoms with Crippen molar-refractivity contribution in [1.82, 2.24) is 4.98 Å². The topological polar surface area (TPSA) is 12.9 Å². The number of hydrogen-bond donors (Lipinski definition) is 0. The fourth-order valence-electron chi connectivity index (χ4n) is 2.51. The van der Waals surface area contributed by atoms with Crippen LogP contribution in [0.15, 0.2) is 23.7 Å². The number of fused-ring (bicyclic) bond motifs is 1. The highest BCUT2D eigenvalue weighted by Gasteiger charge is 2.10. The van der Waals surface area contributed by atoms with E-state index >= 15 is 0 Å². The highest BCUT2D eigenvalue weighted by Crippen LogP contribution is 2.29. The molecule has 0 bridgehead atoms. The predicted molar refractivity (Wildman–Crippen MR) is 81.3 cm³/mol. The maximum Gasteiger partial charge on any atom is 0.0814 e. The number of benzene rings is 1. The minimum atomic E-state index is 0.704. The van der Waals surface area contributed by atoms with Gasteiger partial charge in [-0.3, -0.25) is 0 Å². The van der Waals surface area contributed by atoms with Crippen LogP contribution in [-0.2, 0) is 0 Å². The Bertz CT molecular complexity index is 487. The first-order valence-electron chi connectivity index (χ1n) is 7.03. The van der Waals surface area contributed by atoms with Gasteiger partial charge in [0.15, 0.2) is 0 Å². The highest BCUT2D eigenvalue weighted by atomic mass is 32.1. The summed E-state index contributed by atoms with van der Waals surface area (Å²) < 4.78 is 1.30.